The highest BCUT2D eigenvalue weighted by molar-refractivity contribution is 5.70. The molecule has 1 rings (SSSR count). The van der Waals surface area contributed by atoms with Gasteiger partial charge in [-0.05, 0) is 25.2 Å². The maximum absolute atomic E-state index is 10.7. The molecule has 2 unspecified atom stereocenters. The fourth-order valence-corrected chi connectivity index (χ4v) is 1.65. The second-order valence-corrected chi connectivity index (χ2v) is 3.57. The van der Waals surface area contributed by atoms with Crippen LogP contribution in [0.4, 0.5) is 0 Å². The summed E-state index contributed by atoms with van der Waals surface area (Å²) in [4.78, 5) is 10.7. The van der Waals surface area contributed by atoms with Gasteiger partial charge < -0.3 is 10.2 Å². The van der Waals surface area contributed by atoms with Crippen LogP contribution in [0.2, 0.25) is 0 Å². The van der Waals surface area contributed by atoms with E-state index in [0.717, 1.165) is 19.3 Å². The highest BCUT2D eigenvalue weighted by Crippen LogP contribution is 2.21. The molecule has 0 amide bonds. The van der Waals surface area contributed by atoms with Gasteiger partial charge in [0.1, 0.15) is 0 Å². The van der Waals surface area contributed by atoms with Crippen molar-refractivity contribution >= 4 is 5.97 Å². The molecule has 0 saturated heterocycles. The Balaban J connectivity index is 2.49. The summed E-state index contributed by atoms with van der Waals surface area (Å²) >= 11 is 0. The van der Waals surface area contributed by atoms with Gasteiger partial charge in [-0.3, -0.25) is 4.79 Å². The number of aliphatic carboxylic acids is 1. The number of rotatable bonds is 2. The molecule has 0 spiro atoms. The molecule has 3 heteroatoms. The zero-order valence-corrected chi connectivity index (χ0v) is 7.65. The van der Waals surface area contributed by atoms with Crippen LogP contribution in [0.5, 0.6) is 0 Å². The largest absolute Gasteiger partial charge is 0.481 e. The first-order valence-corrected chi connectivity index (χ1v) is 4.74. The quantitative estimate of drug-likeness (QED) is 0.638. The highest BCUT2D eigenvalue weighted by Gasteiger charge is 2.18. The molecular formula is C10H16O3. The van der Waals surface area contributed by atoms with Crippen molar-refractivity contribution in [3.05, 3.63) is 12.2 Å². The van der Waals surface area contributed by atoms with Crippen LogP contribution in [0.3, 0.4) is 0 Å². The van der Waals surface area contributed by atoms with Crippen LogP contribution in [0.15, 0.2) is 12.2 Å². The van der Waals surface area contributed by atoms with Gasteiger partial charge in [-0.15, -0.1) is 0 Å². The molecule has 2 N–H and O–H groups in total. The third-order valence-electron chi connectivity index (χ3n) is 2.54. The monoisotopic (exact) mass is 184 g/mol. The number of hydrogen-bond donors (Lipinski definition) is 2. The van der Waals surface area contributed by atoms with Gasteiger partial charge in [-0.1, -0.05) is 18.6 Å². The van der Waals surface area contributed by atoms with Crippen molar-refractivity contribution in [2.45, 2.75) is 25.7 Å². The van der Waals surface area contributed by atoms with Crippen molar-refractivity contribution in [2.75, 3.05) is 6.61 Å². The summed E-state index contributed by atoms with van der Waals surface area (Å²) in [7, 11) is 0. The van der Waals surface area contributed by atoms with E-state index >= 15 is 0 Å². The molecule has 1 aliphatic carbocycles. The summed E-state index contributed by atoms with van der Waals surface area (Å²) in [5.41, 5.74) is 0. The second-order valence-electron chi connectivity index (χ2n) is 3.57. The van der Waals surface area contributed by atoms with Crippen LogP contribution >= 0.6 is 0 Å². The molecule has 0 aromatic rings. The molecular weight excluding hydrogens is 168 g/mol. The van der Waals surface area contributed by atoms with Crippen molar-refractivity contribution < 1.29 is 15.0 Å². The van der Waals surface area contributed by atoms with E-state index in [1.807, 2.05) is 12.2 Å². The molecule has 0 radical (unpaired) electrons. The fourth-order valence-electron chi connectivity index (χ4n) is 1.65. The van der Waals surface area contributed by atoms with Crippen molar-refractivity contribution in [3.8, 4) is 0 Å². The molecule has 0 heterocycles. The van der Waals surface area contributed by atoms with E-state index < -0.39 is 5.97 Å². The van der Waals surface area contributed by atoms with E-state index in [1.54, 1.807) is 0 Å². The normalized spacial score (nSPS) is 29.3. The number of carboxylic acids is 1. The smallest absolute Gasteiger partial charge is 0.306 e. The van der Waals surface area contributed by atoms with Gasteiger partial charge in [0.2, 0.25) is 0 Å². The minimum atomic E-state index is -0.702. The lowest BCUT2D eigenvalue weighted by Gasteiger charge is -2.16. The zero-order valence-electron chi connectivity index (χ0n) is 7.65. The lowest BCUT2D eigenvalue weighted by atomic mass is 9.91. The van der Waals surface area contributed by atoms with E-state index in [2.05, 4.69) is 0 Å². The number of aliphatic hydroxyl groups excluding tert-OH is 1. The minimum Gasteiger partial charge on any atom is -0.481 e. The van der Waals surface area contributed by atoms with Crippen molar-refractivity contribution in [1.29, 1.82) is 0 Å². The van der Waals surface area contributed by atoms with E-state index in [9.17, 15) is 4.79 Å². The number of carbonyl (C=O) groups is 1. The van der Waals surface area contributed by atoms with Crippen LogP contribution in [-0.4, -0.2) is 22.8 Å². The first-order valence-electron chi connectivity index (χ1n) is 4.74. The Hall–Kier alpha value is -0.830. The van der Waals surface area contributed by atoms with E-state index in [1.165, 1.54) is 0 Å². The number of carboxylic acid groups (broad SMARTS) is 1. The maximum Gasteiger partial charge on any atom is 0.306 e. The molecule has 0 bridgehead atoms. The molecule has 13 heavy (non-hydrogen) atoms. The Bertz CT molecular complexity index is 198. The van der Waals surface area contributed by atoms with Gasteiger partial charge in [-0.2, -0.15) is 0 Å². The van der Waals surface area contributed by atoms with Crippen molar-refractivity contribution in [3.63, 3.8) is 0 Å². The molecule has 0 fully saturated rings. The van der Waals surface area contributed by atoms with Crippen LogP contribution in [0.1, 0.15) is 25.7 Å². The molecule has 0 aromatic heterocycles. The Morgan fingerprint density at radius 1 is 1.46 bits per heavy atom. The minimum absolute atomic E-state index is 0.175. The Labute approximate surface area is 78.1 Å². The Morgan fingerprint density at radius 3 is 2.85 bits per heavy atom. The van der Waals surface area contributed by atoms with Gasteiger partial charge in [0.15, 0.2) is 0 Å². The first kappa shape index (κ1) is 10.3. The van der Waals surface area contributed by atoms with Crippen LogP contribution in [-0.2, 0) is 4.79 Å². The predicted molar refractivity (Wildman–Crippen MR) is 49.3 cm³/mol. The topological polar surface area (TPSA) is 57.5 Å². The lowest BCUT2D eigenvalue weighted by Crippen LogP contribution is -2.15. The average Bonchev–Trinajstić information content (AvgIpc) is 2.03. The molecule has 1 aliphatic rings. The number of aliphatic hydroxyl groups is 1. The Morgan fingerprint density at radius 2 is 2.23 bits per heavy atom. The van der Waals surface area contributed by atoms with Gasteiger partial charge >= 0.3 is 5.97 Å². The number of allylic oxidation sites excluding steroid dienone is 1. The van der Waals surface area contributed by atoms with Gasteiger partial charge in [-0.25, -0.2) is 0 Å². The fraction of sp³-hybridized carbons (Fsp3) is 0.700. The summed E-state index contributed by atoms with van der Waals surface area (Å²) in [6.07, 6.45) is 6.96. The summed E-state index contributed by atoms with van der Waals surface area (Å²) in [5, 5.41) is 17.7. The van der Waals surface area contributed by atoms with Crippen LogP contribution in [0.25, 0.3) is 0 Å². The Kier molecular flexibility index (Phi) is 3.96. The summed E-state index contributed by atoms with van der Waals surface area (Å²) in [6.45, 7) is 0.175. The van der Waals surface area contributed by atoms with E-state index in [-0.39, 0.29) is 18.4 Å². The molecule has 0 aliphatic heterocycles. The molecule has 3 nitrogen and oxygen atoms in total. The third-order valence-corrected chi connectivity index (χ3v) is 2.54. The van der Waals surface area contributed by atoms with Crippen LogP contribution in [0, 0.1) is 11.8 Å². The average molecular weight is 184 g/mol. The van der Waals surface area contributed by atoms with E-state index in [4.69, 9.17) is 10.2 Å². The SMILES string of the molecule is O=C(O)C1CC=CC(CO)CCC1. The molecule has 0 saturated carbocycles. The van der Waals surface area contributed by atoms with E-state index in [0.29, 0.717) is 6.42 Å². The van der Waals surface area contributed by atoms with Crippen LogP contribution < -0.4 is 0 Å². The highest BCUT2D eigenvalue weighted by atomic mass is 16.4. The van der Waals surface area contributed by atoms with Gasteiger partial charge in [0.05, 0.1) is 5.92 Å². The number of hydrogen-bond acceptors (Lipinski definition) is 2. The predicted octanol–water partition coefficient (Wildman–Crippen LogP) is 1.43. The van der Waals surface area contributed by atoms with Gasteiger partial charge in [0.25, 0.3) is 0 Å². The zero-order chi connectivity index (χ0) is 9.68. The maximum atomic E-state index is 10.7. The molecule has 0 aromatic carbocycles. The van der Waals surface area contributed by atoms with Crippen molar-refractivity contribution in [1.82, 2.24) is 0 Å². The molecule has 74 valence electrons. The standard InChI is InChI=1S/C10H16O3/c11-7-8-3-1-5-9(10(12)13)6-2-4-8/h1,3,8-9,11H,2,4-7H2,(H,12,13). The third kappa shape index (κ3) is 3.19. The summed E-state index contributed by atoms with van der Waals surface area (Å²) in [5.74, 6) is -0.697. The first-order chi connectivity index (χ1) is 6.24. The van der Waals surface area contributed by atoms with Crippen molar-refractivity contribution in [2.24, 2.45) is 11.8 Å². The summed E-state index contributed by atoms with van der Waals surface area (Å²) in [6, 6.07) is 0. The lowest BCUT2D eigenvalue weighted by molar-refractivity contribution is -0.141. The van der Waals surface area contributed by atoms with Gasteiger partial charge in [0, 0.05) is 6.61 Å². The molecule has 2 atom stereocenters. The summed E-state index contributed by atoms with van der Waals surface area (Å²) < 4.78 is 0. The second kappa shape index (κ2) is 5.02.